The van der Waals surface area contributed by atoms with Crippen LogP contribution in [0, 0.1) is 5.82 Å². The van der Waals surface area contributed by atoms with Crippen LogP contribution in [0.1, 0.15) is 28.8 Å². The summed E-state index contributed by atoms with van der Waals surface area (Å²) in [5, 5.41) is 7.12. The highest BCUT2D eigenvalue weighted by Gasteiger charge is 2.08. The fourth-order valence-electron chi connectivity index (χ4n) is 2.59. The van der Waals surface area contributed by atoms with E-state index >= 15 is 0 Å². The molecule has 3 aromatic rings. The summed E-state index contributed by atoms with van der Waals surface area (Å²) in [5.41, 5.74) is 1.68. The Morgan fingerprint density at radius 3 is 2.63 bits per heavy atom. The number of halogens is 1. The fourth-order valence-corrected chi connectivity index (χ4v) is 2.59. The monoisotopic (exact) mass is 367 g/mol. The number of aromatic nitrogens is 2. The molecule has 0 unspecified atom stereocenters. The van der Waals surface area contributed by atoms with Gasteiger partial charge in [-0.3, -0.25) is 9.48 Å². The third kappa shape index (κ3) is 5.95. The van der Waals surface area contributed by atoms with E-state index in [1.807, 2.05) is 30.3 Å². The lowest BCUT2D eigenvalue weighted by atomic mass is 10.2. The van der Waals surface area contributed by atoms with Gasteiger partial charge in [-0.25, -0.2) is 4.39 Å². The lowest BCUT2D eigenvalue weighted by molar-refractivity contribution is 0.0952. The van der Waals surface area contributed by atoms with E-state index in [2.05, 4.69) is 10.4 Å². The van der Waals surface area contributed by atoms with Crippen molar-refractivity contribution in [1.82, 2.24) is 15.1 Å². The third-order valence-electron chi connectivity index (χ3n) is 4.02. The molecule has 0 aliphatic heterocycles. The van der Waals surface area contributed by atoms with Gasteiger partial charge in [-0.05, 0) is 42.7 Å². The number of hydrogen-bond acceptors (Lipinski definition) is 3. The van der Waals surface area contributed by atoms with Gasteiger partial charge in [-0.1, -0.05) is 30.3 Å². The SMILES string of the molecule is O=C(NCCCCOc1ccc(F)cc1)c1cnn(Cc2ccccc2)c1. The van der Waals surface area contributed by atoms with Crippen molar-refractivity contribution in [2.24, 2.45) is 0 Å². The predicted molar refractivity (Wildman–Crippen MR) is 101 cm³/mol. The molecule has 1 aromatic heterocycles. The van der Waals surface area contributed by atoms with Crippen molar-refractivity contribution < 1.29 is 13.9 Å². The zero-order valence-electron chi connectivity index (χ0n) is 15.0. The molecule has 27 heavy (non-hydrogen) atoms. The van der Waals surface area contributed by atoms with Crippen LogP contribution in [0.5, 0.6) is 5.75 Å². The number of carbonyl (C=O) groups is 1. The quantitative estimate of drug-likeness (QED) is 0.587. The van der Waals surface area contributed by atoms with Crippen LogP contribution in [0.2, 0.25) is 0 Å². The zero-order chi connectivity index (χ0) is 18.9. The second-order valence-corrected chi connectivity index (χ2v) is 6.18. The minimum Gasteiger partial charge on any atom is -0.494 e. The molecule has 0 fully saturated rings. The van der Waals surface area contributed by atoms with Crippen LogP contribution in [0.15, 0.2) is 67.0 Å². The molecule has 6 heteroatoms. The maximum atomic E-state index is 12.8. The number of carbonyl (C=O) groups excluding carboxylic acids is 1. The van der Waals surface area contributed by atoms with Crippen LogP contribution in [-0.4, -0.2) is 28.8 Å². The van der Waals surface area contributed by atoms with Gasteiger partial charge in [0.05, 0.1) is 24.9 Å². The van der Waals surface area contributed by atoms with Gasteiger partial charge < -0.3 is 10.1 Å². The second-order valence-electron chi connectivity index (χ2n) is 6.18. The number of ether oxygens (including phenoxy) is 1. The van der Waals surface area contributed by atoms with Crippen LogP contribution in [0.25, 0.3) is 0 Å². The smallest absolute Gasteiger partial charge is 0.254 e. The summed E-state index contributed by atoms with van der Waals surface area (Å²) >= 11 is 0. The Bertz CT molecular complexity index is 847. The molecule has 1 N–H and O–H groups in total. The minimum atomic E-state index is -0.280. The summed E-state index contributed by atoms with van der Waals surface area (Å²) < 4.78 is 20.1. The van der Waals surface area contributed by atoms with Crippen molar-refractivity contribution in [3.05, 3.63) is 83.9 Å². The van der Waals surface area contributed by atoms with Crippen LogP contribution >= 0.6 is 0 Å². The van der Waals surface area contributed by atoms with Crippen molar-refractivity contribution in [3.63, 3.8) is 0 Å². The molecule has 5 nitrogen and oxygen atoms in total. The van der Waals surface area contributed by atoms with Crippen molar-refractivity contribution in [3.8, 4) is 5.75 Å². The Morgan fingerprint density at radius 1 is 1.07 bits per heavy atom. The van der Waals surface area contributed by atoms with E-state index in [1.165, 1.54) is 12.1 Å². The Morgan fingerprint density at radius 2 is 1.85 bits per heavy atom. The number of amides is 1. The minimum absolute atomic E-state index is 0.131. The number of benzene rings is 2. The first-order valence-electron chi connectivity index (χ1n) is 8.94. The molecule has 0 bridgehead atoms. The van der Waals surface area contributed by atoms with Gasteiger partial charge >= 0.3 is 0 Å². The van der Waals surface area contributed by atoms with E-state index in [4.69, 9.17) is 4.74 Å². The normalized spacial score (nSPS) is 10.6. The zero-order valence-corrected chi connectivity index (χ0v) is 15.0. The molecular formula is C21H22FN3O2. The molecule has 0 atom stereocenters. The molecule has 140 valence electrons. The summed E-state index contributed by atoms with van der Waals surface area (Å²) in [5.74, 6) is 0.234. The largest absolute Gasteiger partial charge is 0.494 e. The maximum absolute atomic E-state index is 12.8. The van der Waals surface area contributed by atoms with Crippen LogP contribution in [0.4, 0.5) is 4.39 Å². The number of unbranched alkanes of at least 4 members (excludes halogenated alkanes) is 1. The third-order valence-corrected chi connectivity index (χ3v) is 4.02. The molecule has 0 saturated carbocycles. The number of nitrogens with one attached hydrogen (secondary N) is 1. The van der Waals surface area contributed by atoms with Crippen LogP contribution in [-0.2, 0) is 6.54 Å². The van der Waals surface area contributed by atoms with E-state index < -0.39 is 0 Å². The number of nitrogens with zero attached hydrogens (tertiary/aromatic N) is 2. The Kier molecular flexibility index (Phi) is 6.57. The summed E-state index contributed by atoms with van der Waals surface area (Å²) in [6.45, 7) is 1.72. The van der Waals surface area contributed by atoms with E-state index in [1.54, 1.807) is 29.2 Å². The Labute approximate surface area is 157 Å². The molecule has 0 aliphatic carbocycles. The molecule has 1 heterocycles. The highest BCUT2D eigenvalue weighted by molar-refractivity contribution is 5.93. The number of hydrogen-bond donors (Lipinski definition) is 1. The van der Waals surface area contributed by atoms with Gasteiger partial charge in [0.15, 0.2) is 0 Å². The number of rotatable bonds is 9. The highest BCUT2D eigenvalue weighted by Crippen LogP contribution is 2.11. The fraction of sp³-hybridized carbons (Fsp3) is 0.238. The van der Waals surface area contributed by atoms with Gasteiger partial charge in [-0.2, -0.15) is 5.10 Å². The molecule has 0 aliphatic rings. The van der Waals surface area contributed by atoms with Crippen molar-refractivity contribution >= 4 is 5.91 Å². The summed E-state index contributed by atoms with van der Waals surface area (Å²) in [4.78, 5) is 12.2. The van der Waals surface area contributed by atoms with Crippen LogP contribution < -0.4 is 10.1 Å². The first-order chi connectivity index (χ1) is 13.2. The maximum Gasteiger partial charge on any atom is 0.254 e. The average Bonchev–Trinajstić information content (AvgIpc) is 3.15. The molecular weight excluding hydrogens is 345 g/mol. The Hall–Kier alpha value is -3.15. The lowest BCUT2D eigenvalue weighted by Gasteiger charge is -2.06. The van der Waals surface area contributed by atoms with Crippen LogP contribution in [0.3, 0.4) is 0 Å². The average molecular weight is 367 g/mol. The van der Waals surface area contributed by atoms with Crippen molar-refractivity contribution in [1.29, 1.82) is 0 Å². The van der Waals surface area contributed by atoms with Gasteiger partial charge in [0, 0.05) is 12.7 Å². The van der Waals surface area contributed by atoms with E-state index in [-0.39, 0.29) is 11.7 Å². The van der Waals surface area contributed by atoms with Crippen molar-refractivity contribution in [2.45, 2.75) is 19.4 Å². The predicted octanol–water partition coefficient (Wildman–Crippen LogP) is 3.66. The molecule has 3 rings (SSSR count). The molecule has 0 saturated heterocycles. The molecule has 0 radical (unpaired) electrons. The first kappa shape index (κ1) is 18.6. The van der Waals surface area contributed by atoms with E-state index in [0.29, 0.717) is 31.0 Å². The first-order valence-corrected chi connectivity index (χ1v) is 8.94. The van der Waals surface area contributed by atoms with Gasteiger partial charge in [0.25, 0.3) is 5.91 Å². The molecule has 2 aromatic carbocycles. The van der Waals surface area contributed by atoms with Gasteiger partial charge in [0.1, 0.15) is 11.6 Å². The standard InChI is InChI=1S/C21H22FN3O2/c22-19-8-10-20(11-9-19)27-13-5-4-12-23-21(26)18-14-24-25(16-18)15-17-6-2-1-3-7-17/h1-3,6-11,14,16H,4-5,12-13,15H2,(H,23,26). The van der Waals surface area contributed by atoms with E-state index in [0.717, 1.165) is 18.4 Å². The van der Waals surface area contributed by atoms with Crippen molar-refractivity contribution in [2.75, 3.05) is 13.2 Å². The summed E-state index contributed by atoms with van der Waals surface area (Å²) in [6.07, 6.45) is 4.92. The second kappa shape index (κ2) is 9.52. The topological polar surface area (TPSA) is 56.1 Å². The highest BCUT2D eigenvalue weighted by atomic mass is 19.1. The molecule has 0 spiro atoms. The molecule has 1 amide bonds. The summed E-state index contributed by atoms with van der Waals surface area (Å²) in [7, 11) is 0. The van der Waals surface area contributed by atoms with E-state index in [9.17, 15) is 9.18 Å². The van der Waals surface area contributed by atoms with Gasteiger partial charge in [0.2, 0.25) is 0 Å². The summed E-state index contributed by atoms with van der Waals surface area (Å²) in [6, 6.07) is 15.9. The van der Waals surface area contributed by atoms with Gasteiger partial charge in [-0.15, -0.1) is 0 Å². The lowest BCUT2D eigenvalue weighted by Crippen LogP contribution is -2.24. The Balaban J connectivity index is 1.34.